The number of hydrazine groups is 1. The Morgan fingerprint density at radius 2 is 1.76 bits per heavy atom. The maximum absolute atomic E-state index is 5.40. The number of aromatic nitrogens is 3. The summed E-state index contributed by atoms with van der Waals surface area (Å²) in [5, 5.41) is 3.10. The first-order chi connectivity index (χ1) is 10.1. The van der Waals surface area contributed by atoms with E-state index in [9.17, 15) is 0 Å². The van der Waals surface area contributed by atoms with Crippen molar-refractivity contribution in [3.8, 4) is 5.75 Å². The number of rotatable bonds is 6. The van der Waals surface area contributed by atoms with Crippen LogP contribution in [0.1, 0.15) is 6.92 Å². The molecule has 0 saturated heterocycles. The molecule has 1 heterocycles. The lowest BCUT2D eigenvalue weighted by atomic mass is 10.3. The molecular weight excluding hydrogens is 270 g/mol. The number of nitrogen functional groups attached to an aromatic ring is 1. The van der Waals surface area contributed by atoms with Gasteiger partial charge in [-0.15, -0.1) is 0 Å². The molecule has 8 heteroatoms. The molecule has 0 spiro atoms. The number of ether oxygens (including phenoxy) is 1. The zero-order valence-electron chi connectivity index (χ0n) is 12.3. The minimum absolute atomic E-state index is 0.294. The van der Waals surface area contributed by atoms with Crippen LogP contribution in [0.4, 0.5) is 23.5 Å². The van der Waals surface area contributed by atoms with Crippen LogP contribution in [0.15, 0.2) is 24.3 Å². The van der Waals surface area contributed by atoms with Crippen molar-refractivity contribution in [2.45, 2.75) is 6.92 Å². The molecule has 8 nitrogen and oxygen atoms in total. The first-order valence-electron chi connectivity index (χ1n) is 6.52. The number of benzene rings is 1. The van der Waals surface area contributed by atoms with Crippen LogP contribution in [0, 0.1) is 0 Å². The number of nitrogens with one attached hydrogen (secondary N) is 2. The maximum Gasteiger partial charge on any atom is 0.243 e. The first kappa shape index (κ1) is 14.8. The van der Waals surface area contributed by atoms with Crippen LogP contribution in [0.25, 0.3) is 0 Å². The van der Waals surface area contributed by atoms with Crippen LogP contribution in [-0.2, 0) is 0 Å². The average molecular weight is 289 g/mol. The highest BCUT2D eigenvalue weighted by molar-refractivity contribution is 5.56. The molecule has 1 aromatic carbocycles. The minimum Gasteiger partial charge on any atom is -0.494 e. The molecule has 112 valence electrons. The van der Waals surface area contributed by atoms with Crippen LogP contribution >= 0.6 is 0 Å². The first-order valence-corrected chi connectivity index (χ1v) is 6.52. The highest BCUT2D eigenvalue weighted by Crippen LogP contribution is 2.19. The topological polar surface area (TPSA) is 101 Å². The molecule has 0 aliphatic heterocycles. The Morgan fingerprint density at radius 3 is 2.33 bits per heavy atom. The lowest BCUT2D eigenvalue weighted by Gasteiger charge is -2.13. The molecule has 0 unspecified atom stereocenters. The van der Waals surface area contributed by atoms with Gasteiger partial charge < -0.3 is 15.0 Å². The standard InChI is InChI=1S/C13H19N7O/c1-4-21-10-7-5-9(6-8-10)15-11-16-12(19-14)18-13(17-11)20(2)3/h5-8H,4,14H2,1-3H3,(H2,15,16,17,18,19). The fourth-order valence-electron chi connectivity index (χ4n) is 1.62. The fraction of sp³-hybridized carbons (Fsp3) is 0.308. The fourth-order valence-corrected chi connectivity index (χ4v) is 1.62. The van der Waals surface area contributed by atoms with Crippen LogP contribution < -0.4 is 26.2 Å². The Kier molecular flexibility index (Phi) is 4.72. The second-order valence-corrected chi connectivity index (χ2v) is 4.40. The van der Waals surface area contributed by atoms with Gasteiger partial charge in [-0.25, -0.2) is 5.84 Å². The highest BCUT2D eigenvalue weighted by atomic mass is 16.5. The lowest BCUT2D eigenvalue weighted by Crippen LogP contribution is -2.18. The van der Waals surface area contributed by atoms with Gasteiger partial charge in [0.15, 0.2) is 0 Å². The van der Waals surface area contributed by atoms with E-state index in [4.69, 9.17) is 10.6 Å². The average Bonchev–Trinajstić information content (AvgIpc) is 2.49. The Labute approximate surface area is 123 Å². The van der Waals surface area contributed by atoms with Crippen LogP contribution in [0.3, 0.4) is 0 Å². The summed E-state index contributed by atoms with van der Waals surface area (Å²) in [5.41, 5.74) is 3.27. The smallest absolute Gasteiger partial charge is 0.243 e. The molecule has 0 atom stereocenters. The third kappa shape index (κ3) is 3.93. The molecule has 0 bridgehead atoms. The van der Waals surface area contributed by atoms with Crippen molar-refractivity contribution in [3.05, 3.63) is 24.3 Å². The van der Waals surface area contributed by atoms with Gasteiger partial charge in [0, 0.05) is 19.8 Å². The van der Waals surface area contributed by atoms with E-state index < -0.39 is 0 Å². The summed E-state index contributed by atoms with van der Waals surface area (Å²) in [7, 11) is 3.69. The normalized spacial score (nSPS) is 10.1. The summed E-state index contributed by atoms with van der Waals surface area (Å²) in [5.74, 6) is 7.39. The molecule has 1 aromatic heterocycles. The maximum atomic E-state index is 5.40. The zero-order chi connectivity index (χ0) is 15.2. The van der Waals surface area contributed by atoms with Gasteiger partial charge in [0.05, 0.1) is 6.61 Å². The van der Waals surface area contributed by atoms with Crippen molar-refractivity contribution in [1.29, 1.82) is 0 Å². The molecule has 4 N–H and O–H groups in total. The van der Waals surface area contributed by atoms with Crippen molar-refractivity contribution in [3.63, 3.8) is 0 Å². The molecule has 0 fully saturated rings. The second kappa shape index (κ2) is 6.71. The van der Waals surface area contributed by atoms with E-state index in [0.717, 1.165) is 11.4 Å². The molecule has 0 saturated carbocycles. The molecule has 0 aliphatic carbocycles. The zero-order valence-corrected chi connectivity index (χ0v) is 12.3. The third-order valence-corrected chi connectivity index (χ3v) is 2.57. The Balaban J connectivity index is 2.19. The van der Waals surface area contributed by atoms with Crippen molar-refractivity contribution in [2.75, 3.05) is 36.3 Å². The summed E-state index contributed by atoms with van der Waals surface area (Å²) in [6.45, 7) is 2.58. The molecule has 2 aromatic rings. The number of nitrogens with zero attached hydrogens (tertiary/aromatic N) is 4. The minimum atomic E-state index is 0.294. The predicted molar refractivity (Wildman–Crippen MR) is 82.9 cm³/mol. The van der Waals surface area contributed by atoms with Crippen molar-refractivity contribution in [1.82, 2.24) is 15.0 Å². The molecule has 0 aliphatic rings. The summed E-state index contributed by atoms with van der Waals surface area (Å²) in [6.07, 6.45) is 0. The van der Waals surface area contributed by atoms with Crippen molar-refractivity contribution >= 4 is 23.5 Å². The van der Waals surface area contributed by atoms with Gasteiger partial charge in [0.1, 0.15) is 5.75 Å². The number of hydrogen-bond donors (Lipinski definition) is 3. The molecule has 21 heavy (non-hydrogen) atoms. The third-order valence-electron chi connectivity index (χ3n) is 2.57. The summed E-state index contributed by atoms with van der Waals surface area (Å²) in [6, 6.07) is 7.53. The van der Waals surface area contributed by atoms with Gasteiger partial charge in [0.2, 0.25) is 17.8 Å². The lowest BCUT2D eigenvalue weighted by molar-refractivity contribution is 0.340. The summed E-state index contributed by atoms with van der Waals surface area (Å²) >= 11 is 0. The summed E-state index contributed by atoms with van der Waals surface area (Å²) in [4.78, 5) is 14.4. The van der Waals surface area contributed by atoms with E-state index in [-0.39, 0.29) is 0 Å². The second-order valence-electron chi connectivity index (χ2n) is 4.40. The molecular formula is C13H19N7O. The SMILES string of the molecule is CCOc1ccc(Nc2nc(NN)nc(N(C)C)n2)cc1. The molecule has 2 rings (SSSR count). The quantitative estimate of drug-likeness (QED) is 0.541. The van der Waals surface area contributed by atoms with Crippen molar-refractivity contribution in [2.24, 2.45) is 5.84 Å². The monoisotopic (exact) mass is 289 g/mol. The number of anilines is 4. The van der Waals surface area contributed by atoms with E-state index in [2.05, 4.69) is 25.7 Å². The Morgan fingerprint density at radius 1 is 1.10 bits per heavy atom. The predicted octanol–water partition coefficient (Wildman–Crippen LogP) is 1.37. The van der Waals surface area contributed by atoms with Gasteiger partial charge in [-0.1, -0.05) is 0 Å². The van der Waals surface area contributed by atoms with E-state index in [0.29, 0.717) is 24.5 Å². The Hall–Kier alpha value is -2.61. The highest BCUT2D eigenvalue weighted by Gasteiger charge is 2.07. The molecule has 0 amide bonds. The van der Waals surface area contributed by atoms with E-state index in [1.54, 1.807) is 4.90 Å². The van der Waals surface area contributed by atoms with Gasteiger partial charge in [-0.3, -0.25) is 5.43 Å². The number of nitrogens with two attached hydrogens (primary N) is 1. The van der Waals surface area contributed by atoms with E-state index in [1.807, 2.05) is 45.3 Å². The van der Waals surface area contributed by atoms with Crippen LogP contribution in [-0.4, -0.2) is 35.7 Å². The van der Waals surface area contributed by atoms with Crippen LogP contribution in [0.2, 0.25) is 0 Å². The van der Waals surface area contributed by atoms with Crippen LogP contribution in [0.5, 0.6) is 5.75 Å². The van der Waals surface area contributed by atoms with Gasteiger partial charge >= 0.3 is 0 Å². The van der Waals surface area contributed by atoms with Gasteiger partial charge in [0.25, 0.3) is 0 Å². The van der Waals surface area contributed by atoms with Gasteiger partial charge in [-0.2, -0.15) is 15.0 Å². The molecule has 0 radical (unpaired) electrons. The van der Waals surface area contributed by atoms with E-state index >= 15 is 0 Å². The van der Waals surface area contributed by atoms with Gasteiger partial charge in [-0.05, 0) is 31.2 Å². The largest absolute Gasteiger partial charge is 0.494 e. The number of hydrogen-bond acceptors (Lipinski definition) is 8. The van der Waals surface area contributed by atoms with E-state index in [1.165, 1.54) is 0 Å². The van der Waals surface area contributed by atoms with Crippen molar-refractivity contribution < 1.29 is 4.74 Å². The Bertz CT molecular complexity index is 586. The summed E-state index contributed by atoms with van der Waals surface area (Å²) < 4.78 is 5.40.